The number of hydrogen-bond donors (Lipinski definition) is 2. The van der Waals surface area contributed by atoms with E-state index in [-0.39, 0.29) is 24.8 Å². The van der Waals surface area contributed by atoms with Crippen LogP contribution < -0.4 is 5.32 Å². The minimum atomic E-state index is -0.725. The van der Waals surface area contributed by atoms with Crippen LogP contribution in [0.3, 0.4) is 0 Å². The van der Waals surface area contributed by atoms with Crippen LogP contribution in [0.15, 0.2) is 48.5 Å². The molecule has 136 valence electrons. The van der Waals surface area contributed by atoms with Crippen molar-refractivity contribution in [2.24, 2.45) is 0 Å². The third kappa shape index (κ3) is 4.36. The second-order valence-corrected chi connectivity index (χ2v) is 7.09. The van der Waals surface area contributed by atoms with Crippen LogP contribution >= 0.6 is 23.2 Å². The van der Waals surface area contributed by atoms with E-state index >= 15 is 0 Å². The number of nitrogens with one attached hydrogen (secondary N) is 1. The van der Waals surface area contributed by atoms with Crippen LogP contribution in [0.1, 0.15) is 22.3 Å². The molecule has 2 aromatic carbocycles. The highest BCUT2D eigenvalue weighted by atomic mass is 35.5. The van der Waals surface area contributed by atoms with E-state index in [1.807, 2.05) is 12.1 Å². The highest BCUT2D eigenvalue weighted by Crippen LogP contribution is 2.22. The van der Waals surface area contributed by atoms with E-state index in [0.29, 0.717) is 22.2 Å². The first-order valence-corrected chi connectivity index (χ1v) is 8.96. The van der Waals surface area contributed by atoms with Gasteiger partial charge in [-0.15, -0.1) is 0 Å². The largest absolute Gasteiger partial charge is 0.391 e. The van der Waals surface area contributed by atoms with Crippen molar-refractivity contribution >= 4 is 35.0 Å². The topological polar surface area (TPSA) is 69.6 Å². The molecule has 0 aliphatic carbocycles. The van der Waals surface area contributed by atoms with Crippen molar-refractivity contribution in [1.29, 1.82) is 0 Å². The van der Waals surface area contributed by atoms with Gasteiger partial charge in [-0.3, -0.25) is 9.59 Å². The standard InChI is InChI=1S/C19H18Cl2N2O3/c20-14-5-1-12(2-6-14)10-22-18(25)17-9-16(24)11-23(17)19(26)13-3-7-15(21)8-4-13/h1-8,16-17,24H,9-11H2,(H,22,25). The highest BCUT2D eigenvalue weighted by Gasteiger charge is 2.39. The lowest BCUT2D eigenvalue weighted by molar-refractivity contribution is -0.125. The van der Waals surface area contributed by atoms with Gasteiger partial charge in [-0.1, -0.05) is 35.3 Å². The predicted molar refractivity (Wildman–Crippen MR) is 100 cm³/mol. The second kappa shape index (κ2) is 8.08. The number of carbonyl (C=O) groups is 2. The number of nitrogens with zero attached hydrogens (tertiary/aromatic N) is 1. The molecular formula is C19H18Cl2N2O3. The smallest absolute Gasteiger partial charge is 0.254 e. The summed E-state index contributed by atoms with van der Waals surface area (Å²) < 4.78 is 0. The molecule has 3 rings (SSSR count). The van der Waals surface area contributed by atoms with E-state index < -0.39 is 12.1 Å². The molecule has 1 fully saturated rings. The first-order valence-electron chi connectivity index (χ1n) is 8.21. The summed E-state index contributed by atoms with van der Waals surface area (Å²) in [4.78, 5) is 26.7. The molecule has 0 bridgehead atoms. The van der Waals surface area contributed by atoms with Gasteiger partial charge in [-0.25, -0.2) is 0 Å². The van der Waals surface area contributed by atoms with E-state index in [0.717, 1.165) is 5.56 Å². The lowest BCUT2D eigenvalue weighted by Crippen LogP contribution is -2.45. The molecular weight excluding hydrogens is 375 g/mol. The molecule has 5 nitrogen and oxygen atoms in total. The average molecular weight is 393 g/mol. The van der Waals surface area contributed by atoms with E-state index in [4.69, 9.17) is 23.2 Å². The lowest BCUT2D eigenvalue weighted by Gasteiger charge is -2.23. The molecule has 2 N–H and O–H groups in total. The van der Waals surface area contributed by atoms with Gasteiger partial charge in [0.15, 0.2) is 0 Å². The average Bonchev–Trinajstić information content (AvgIpc) is 3.03. The first kappa shape index (κ1) is 18.7. The van der Waals surface area contributed by atoms with Crippen LogP contribution in [0.25, 0.3) is 0 Å². The van der Waals surface area contributed by atoms with Gasteiger partial charge >= 0.3 is 0 Å². The van der Waals surface area contributed by atoms with Gasteiger partial charge in [0.05, 0.1) is 6.10 Å². The Morgan fingerprint density at radius 1 is 1.04 bits per heavy atom. The maximum absolute atomic E-state index is 12.7. The van der Waals surface area contributed by atoms with E-state index in [1.165, 1.54) is 4.90 Å². The fourth-order valence-electron chi connectivity index (χ4n) is 2.95. The summed E-state index contributed by atoms with van der Waals surface area (Å²) in [5.74, 6) is -0.594. The minimum Gasteiger partial charge on any atom is -0.391 e. The molecule has 0 spiro atoms. The SMILES string of the molecule is O=C(NCc1ccc(Cl)cc1)C1CC(O)CN1C(=O)c1ccc(Cl)cc1. The number of aliphatic hydroxyl groups excluding tert-OH is 1. The molecule has 1 aliphatic heterocycles. The molecule has 0 saturated carbocycles. The number of hydrogen-bond acceptors (Lipinski definition) is 3. The van der Waals surface area contributed by atoms with E-state index in [2.05, 4.69) is 5.32 Å². The van der Waals surface area contributed by atoms with Crippen LogP contribution in [0.5, 0.6) is 0 Å². The molecule has 1 saturated heterocycles. The third-order valence-electron chi connectivity index (χ3n) is 4.31. The zero-order chi connectivity index (χ0) is 18.7. The Morgan fingerprint density at radius 3 is 2.23 bits per heavy atom. The molecule has 0 aromatic heterocycles. The zero-order valence-electron chi connectivity index (χ0n) is 13.9. The van der Waals surface area contributed by atoms with Crippen molar-refractivity contribution in [3.63, 3.8) is 0 Å². The van der Waals surface area contributed by atoms with Crippen molar-refractivity contribution < 1.29 is 14.7 Å². The molecule has 2 atom stereocenters. The van der Waals surface area contributed by atoms with Gasteiger partial charge in [-0.2, -0.15) is 0 Å². The normalized spacial score (nSPS) is 19.4. The van der Waals surface area contributed by atoms with Crippen molar-refractivity contribution in [2.75, 3.05) is 6.54 Å². The Labute approximate surface area is 161 Å². The summed E-state index contributed by atoms with van der Waals surface area (Å²) in [6.45, 7) is 0.450. The fourth-order valence-corrected chi connectivity index (χ4v) is 3.21. The maximum atomic E-state index is 12.7. The van der Waals surface area contributed by atoms with Gasteiger partial charge in [0.25, 0.3) is 5.91 Å². The summed E-state index contributed by atoms with van der Waals surface area (Å²) in [5, 5.41) is 13.9. The summed E-state index contributed by atoms with van der Waals surface area (Å²) in [6.07, 6.45) is -0.510. The van der Waals surface area contributed by atoms with Crippen LogP contribution in [0, 0.1) is 0 Å². The number of aliphatic hydroxyl groups is 1. The number of likely N-dealkylation sites (tertiary alicyclic amines) is 1. The fraction of sp³-hybridized carbons (Fsp3) is 0.263. The molecule has 1 aliphatic rings. The molecule has 26 heavy (non-hydrogen) atoms. The first-order chi connectivity index (χ1) is 12.4. The molecule has 7 heteroatoms. The van der Waals surface area contributed by atoms with Gasteiger partial charge < -0.3 is 15.3 Å². The lowest BCUT2D eigenvalue weighted by atomic mass is 10.1. The summed E-state index contributed by atoms with van der Waals surface area (Å²) in [5.41, 5.74) is 1.33. The molecule has 2 amide bonds. The zero-order valence-corrected chi connectivity index (χ0v) is 15.4. The van der Waals surface area contributed by atoms with E-state index in [1.54, 1.807) is 36.4 Å². The minimum absolute atomic E-state index is 0.125. The number of rotatable bonds is 4. The summed E-state index contributed by atoms with van der Waals surface area (Å²) in [6, 6.07) is 12.9. The number of amides is 2. The van der Waals surface area contributed by atoms with Crippen molar-refractivity contribution in [3.8, 4) is 0 Å². The highest BCUT2D eigenvalue weighted by molar-refractivity contribution is 6.30. The number of benzene rings is 2. The molecule has 2 aromatic rings. The molecule has 2 unspecified atom stereocenters. The Hall–Kier alpha value is -2.08. The molecule has 1 heterocycles. The number of carbonyl (C=O) groups excluding carboxylic acids is 2. The van der Waals surface area contributed by atoms with Gasteiger partial charge in [0.2, 0.25) is 5.91 Å². The van der Waals surface area contributed by atoms with E-state index in [9.17, 15) is 14.7 Å². The second-order valence-electron chi connectivity index (χ2n) is 6.21. The van der Waals surface area contributed by atoms with Gasteiger partial charge in [-0.05, 0) is 42.0 Å². The predicted octanol–water partition coefficient (Wildman–Crippen LogP) is 2.89. The van der Waals surface area contributed by atoms with Crippen molar-refractivity contribution in [1.82, 2.24) is 10.2 Å². The third-order valence-corrected chi connectivity index (χ3v) is 4.82. The number of β-amino-alcohol motifs (C(OH)–C–C–N with tert-alkyl or cyclic N) is 1. The van der Waals surface area contributed by atoms with Crippen LogP contribution in [0.2, 0.25) is 10.0 Å². The summed E-state index contributed by atoms with van der Waals surface area (Å²) in [7, 11) is 0. The summed E-state index contributed by atoms with van der Waals surface area (Å²) >= 11 is 11.7. The Kier molecular flexibility index (Phi) is 5.81. The van der Waals surface area contributed by atoms with Crippen molar-refractivity contribution in [3.05, 3.63) is 69.7 Å². The Balaban J connectivity index is 1.68. The van der Waals surface area contributed by atoms with Gasteiger partial charge in [0, 0.05) is 35.1 Å². The van der Waals surface area contributed by atoms with Crippen LogP contribution in [0.4, 0.5) is 0 Å². The van der Waals surface area contributed by atoms with Crippen LogP contribution in [-0.2, 0) is 11.3 Å². The number of halogens is 2. The monoisotopic (exact) mass is 392 g/mol. The van der Waals surface area contributed by atoms with Crippen LogP contribution in [-0.4, -0.2) is 40.5 Å². The Bertz CT molecular complexity index is 793. The quantitative estimate of drug-likeness (QED) is 0.840. The van der Waals surface area contributed by atoms with Crippen molar-refractivity contribution in [2.45, 2.75) is 25.1 Å². The maximum Gasteiger partial charge on any atom is 0.254 e. The Morgan fingerprint density at radius 2 is 1.62 bits per heavy atom. The molecule has 0 radical (unpaired) electrons. The van der Waals surface area contributed by atoms with Gasteiger partial charge in [0.1, 0.15) is 6.04 Å².